The quantitative estimate of drug-likeness (QED) is 0.581. The molecule has 2 aliphatic heterocycles. The molecule has 2 aliphatic rings. The number of hydrogen-bond donors (Lipinski definition) is 0. The van der Waals surface area contributed by atoms with E-state index in [4.69, 9.17) is 4.74 Å². The second-order valence-electron chi connectivity index (χ2n) is 8.40. The Kier molecular flexibility index (Phi) is 4.75. The summed E-state index contributed by atoms with van der Waals surface area (Å²) in [7, 11) is 0. The molecule has 0 radical (unpaired) electrons. The summed E-state index contributed by atoms with van der Waals surface area (Å²) >= 11 is 0. The van der Waals surface area contributed by atoms with Gasteiger partial charge in [-0.1, -0.05) is 42.5 Å². The molecule has 5 rings (SSSR count). The van der Waals surface area contributed by atoms with Crippen LogP contribution in [0.4, 0.5) is 8.78 Å². The first-order valence-electron chi connectivity index (χ1n) is 10.5. The fraction of sp³-hybridized carbons (Fsp3) is 0.360. The van der Waals surface area contributed by atoms with Crippen molar-refractivity contribution in [1.29, 1.82) is 0 Å². The molecule has 0 amide bonds. The second kappa shape index (κ2) is 7.42. The third kappa shape index (κ3) is 3.62. The van der Waals surface area contributed by atoms with Gasteiger partial charge in [-0.25, -0.2) is 8.78 Å². The van der Waals surface area contributed by atoms with Crippen molar-refractivity contribution in [3.05, 3.63) is 77.4 Å². The highest BCUT2D eigenvalue weighted by atomic mass is 19.2. The summed E-state index contributed by atoms with van der Waals surface area (Å²) in [6.45, 7) is 2.81. The summed E-state index contributed by atoms with van der Waals surface area (Å²) in [4.78, 5) is 2.41. The molecule has 4 heteroatoms. The van der Waals surface area contributed by atoms with Crippen LogP contribution in [-0.2, 0) is 12.8 Å². The van der Waals surface area contributed by atoms with Crippen molar-refractivity contribution in [3.8, 4) is 5.75 Å². The molecule has 29 heavy (non-hydrogen) atoms. The van der Waals surface area contributed by atoms with E-state index in [-0.39, 0.29) is 5.60 Å². The number of rotatable bonds is 3. The molecule has 3 aromatic rings. The molecular weight excluding hydrogens is 368 g/mol. The molecule has 0 aromatic heterocycles. The number of hydrogen-bond acceptors (Lipinski definition) is 2. The van der Waals surface area contributed by atoms with Gasteiger partial charge < -0.3 is 9.64 Å². The van der Waals surface area contributed by atoms with E-state index in [0.29, 0.717) is 0 Å². The molecule has 3 aromatic carbocycles. The van der Waals surface area contributed by atoms with Gasteiger partial charge >= 0.3 is 0 Å². The summed E-state index contributed by atoms with van der Waals surface area (Å²) < 4.78 is 33.2. The minimum atomic E-state index is -0.782. The highest BCUT2D eigenvalue weighted by Gasteiger charge is 2.39. The van der Waals surface area contributed by atoms with Gasteiger partial charge in [-0.3, -0.25) is 0 Å². The number of ether oxygens (including phenoxy) is 1. The molecule has 1 fully saturated rings. The number of aryl methyl sites for hydroxylation is 1. The average Bonchev–Trinajstić information content (AvgIpc) is 2.76. The Bertz CT molecular complexity index is 1040. The largest absolute Gasteiger partial charge is 0.486 e. The van der Waals surface area contributed by atoms with Gasteiger partial charge in [0, 0.05) is 25.0 Å². The van der Waals surface area contributed by atoms with Crippen LogP contribution >= 0.6 is 0 Å². The van der Waals surface area contributed by atoms with E-state index in [9.17, 15) is 8.78 Å². The molecule has 2 nitrogen and oxygen atoms in total. The minimum Gasteiger partial charge on any atom is -0.486 e. The summed E-state index contributed by atoms with van der Waals surface area (Å²) in [5, 5.41) is 2.44. The van der Waals surface area contributed by atoms with Crippen LogP contribution < -0.4 is 4.74 Å². The van der Waals surface area contributed by atoms with E-state index in [1.54, 1.807) is 6.07 Å². The van der Waals surface area contributed by atoms with Crippen LogP contribution in [0.3, 0.4) is 0 Å². The zero-order valence-electron chi connectivity index (χ0n) is 16.5. The van der Waals surface area contributed by atoms with Gasteiger partial charge in [-0.15, -0.1) is 0 Å². The van der Waals surface area contributed by atoms with Crippen LogP contribution in [0, 0.1) is 11.6 Å². The van der Waals surface area contributed by atoms with Gasteiger partial charge in [0.25, 0.3) is 0 Å². The van der Waals surface area contributed by atoms with Gasteiger partial charge in [-0.05, 0) is 60.7 Å². The van der Waals surface area contributed by atoms with Gasteiger partial charge in [-0.2, -0.15) is 0 Å². The van der Waals surface area contributed by atoms with E-state index in [1.165, 1.54) is 28.5 Å². The van der Waals surface area contributed by atoms with Crippen LogP contribution in [0.15, 0.2) is 54.6 Å². The number of fused-ring (bicyclic) bond motifs is 3. The summed E-state index contributed by atoms with van der Waals surface area (Å²) in [5.41, 5.74) is 2.09. The van der Waals surface area contributed by atoms with E-state index < -0.39 is 11.6 Å². The lowest BCUT2D eigenvalue weighted by Crippen LogP contribution is -2.50. The van der Waals surface area contributed by atoms with E-state index >= 15 is 0 Å². The summed E-state index contributed by atoms with van der Waals surface area (Å²) in [6.07, 6.45) is 4.88. The highest BCUT2D eigenvalue weighted by molar-refractivity contribution is 5.89. The lowest BCUT2D eigenvalue weighted by Gasteiger charge is -2.45. The van der Waals surface area contributed by atoms with Crippen molar-refractivity contribution in [2.45, 2.75) is 37.7 Å². The average molecular weight is 393 g/mol. The smallest absolute Gasteiger partial charge is 0.159 e. The standard InChI is InChI=1S/C25H25F2NO/c26-22-8-5-18(17-23(22)27)10-14-28-15-12-25(13-16-28)11-9-20-7-6-19-3-1-2-4-21(19)24(20)29-25/h1-8,17H,9-16H2. The predicted molar refractivity (Wildman–Crippen MR) is 111 cm³/mol. The molecular formula is C25H25F2NO. The molecule has 0 unspecified atom stereocenters. The van der Waals surface area contributed by atoms with Crippen molar-refractivity contribution in [2.75, 3.05) is 19.6 Å². The Hall–Kier alpha value is -2.46. The van der Waals surface area contributed by atoms with Gasteiger partial charge in [0.1, 0.15) is 11.4 Å². The predicted octanol–water partition coefficient (Wildman–Crippen LogP) is 5.52. The maximum Gasteiger partial charge on any atom is 0.159 e. The van der Waals surface area contributed by atoms with Crippen molar-refractivity contribution in [2.24, 2.45) is 0 Å². The number of nitrogens with zero attached hydrogens (tertiary/aromatic N) is 1. The summed E-state index contributed by atoms with van der Waals surface area (Å²) in [5.74, 6) is -0.470. The van der Waals surface area contributed by atoms with Crippen LogP contribution in [0.25, 0.3) is 10.8 Å². The van der Waals surface area contributed by atoms with Crippen molar-refractivity contribution >= 4 is 10.8 Å². The summed E-state index contributed by atoms with van der Waals surface area (Å²) in [6, 6.07) is 17.0. The van der Waals surface area contributed by atoms with Crippen LogP contribution in [0.2, 0.25) is 0 Å². The third-order valence-corrected chi connectivity index (χ3v) is 6.60. The van der Waals surface area contributed by atoms with Crippen LogP contribution in [0.1, 0.15) is 30.4 Å². The molecule has 1 spiro atoms. The Balaban J connectivity index is 1.25. The molecule has 1 saturated heterocycles. The van der Waals surface area contributed by atoms with Gasteiger partial charge in [0.05, 0.1) is 0 Å². The lowest BCUT2D eigenvalue weighted by molar-refractivity contribution is -0.0129. The molecule has 0 bridgehead atoms. The minimum absolute atomic E-state index is 0.0738. The fourth-order valence-electron chi connectivity index (χ4n) is 4.75. The lowest BCUT2D eigenvalue weighted by atomic mass is 9.82. The second-order valence-corrected chi connectivity index (χ2v) is 8.40. The third-order valence-electron chi connectivity index (χ3n) is 6.60. The maximum atomic E-state index is 13.4. The van der Waals surface area contributed by atoms with Crippen molar-refractivity contribution in [3.63, 3.8) is 0 Å². The first kappa shape index (κ1) is 18.6. The zero-order valence-corrected chi connectivity index (χ0v) is 16.5. The first-order chi connectivity index (χ1) is 14.1. The number of benzene rings is 3. The maximum absolute atomic E-state index is 13.4. The van der Waals surface area contributed by atoms with E-state index in [0.717, 1.165) is 63.1 Å². The van der Waals surface area contributed by atoms with Crippen molar-refractivity contribution in [1.82, 2.24) is 4.90 Å². The van der Waals surface area contributed by atoms with Crippen molar-refractivity contribution < 1.29 is 13.5 Å². The molecule has 150 valence electrons. The van der Waals surface area contributed by atoms with Crippen LogP contribution in [-0.4, -0.2) is 30.1 Å². The Morgan fingerprint density at radius 1 is 0.897 bits per heavy atom. The Labute approximate surface area is 170 Å². The molecule has 0 saturated carbocycles. The SMILES string of the molecule is Fc1ccc(CCN2CCC3(CCc4ccc5ccccc5c4O3)CC2)cc1F. The Morgan fingerprint density at radius 2 is 1.72 bits per heavy atom. The fourth-order valence-corrected chi connectivity index (χ4v) is 4.75. The topological polar surface area (TPSA) is 12.5 Å². The number of piperidine rings is 1. The first-order valence-corrected chi connectivity index (χ1v) is 10.5. The van der Waals surface area contributed by atoms with Crippen LogP contribution in [0.5, 0.6) is 5.75 Å². The molecule has 0 N–H and O–H groups in total. The van der Waals surface area contributed by atoms with E-state index in [2.05, 4.69) is 41.3 Å². The molecule has 2 heterocycles. The number of likely N-dealkylation sites (tertiary alicyclic amines) is 1. The van der Waals surface area contributed by atoms with Gasteiger partial charge in [0.2, 0.25) is 0 Å². The number of halogens is 2. The molecule has 0 aliphatic carbocycles. The highest BCUT2D eigenvalue weighted by Crippen LogP contribution is 2.42. The van der Waals surface area contributed by atoms with Gasteiger partial charge in [0.15, 0.2) is 11.6 Å². The molecule has 0 atom stereocenters. The zero-order chi connectivity index (χ0) is 19.8. The monoisotopic (exact) mass is 393 g/mol. The Morgan fingerprint density at radius 3 is 2.55 bits per heavy atom. The van der Waals surface area contributed by atoms with E-state index in [1.807, 2.05) is 0 Å². The normalized spacial score (nSPS) is 18.6.